The maximum Gasteiger partial charge on any atom is 0.255 e. The number of rotatable bonds is 4. The van der Waals surface area contributed by atoms with E-state index in [-0.39, 0.29) is 5.91 Å². The van der Waals surface area contributed by atoms with Gasteiger partial charge in [-0.1, -0.05) is 35.4 Å². The number of aryl methyl sites for hydroxylation is 2. The zero-order valence-electron chi connectivity index (χ0n) is 13.7. The first-order valence-electron chi connectivity index (χ1n) is 7.83. The van der Waals surface area contributed by atoms with Crippen LogP contribution >= 0.6 is 0 Å². The van der Waals surface area contributed by atoms with Crippen molar-refractivity contribution < 1.29 is 9.53 Å². The standard InChI is InChI=1S/C21H19NO2/c1-15-3-7-17(8-4-15)21(23)22-18-9-13-20(14-10-18)24-19-11-5-16(2)6-12-19/h3-14H,1-2H3,(H,22,23). The second kappa shape index (κ2) is 7.01. The van der Waals surface area contributed by atoms with Crippen molar-refractivity contribution in [1.82, 2.24) is 0 Å². The van der Waals surface area contributed by atoms with Gasteiger partial charge in [-0.05, 0) is 62.4 Å². The molecule has 0 radical (unpaired) electrons. The molecule has 0 heterocycles. The van der Waals surface area contributed by atoms with Crippen molar-refractivity contribution >= 4 is 11.6 Å². The average molecular weight is 317 g/mol. The highest BCUT2D eigenvalue weighted by molar-refractivity contribution is 6.04. The van der Waals surface area contributed by atoms with Crippen molar-refractivity contribution in [2.75, 3.05) is 5.32 Å². The van der Waals surface area contributed by atoms with Gasteiger partial charge in [0.05, 0.1) is 0 Å². The van der Waals surface area contributed by atoms with Crippen molar-refractivity contribution in [3.63, 3.8) is 0 Å². The zero-order valence-corrected chi connectivity index (χ0v) is 13.7. The van der Waals surface area contributed by atoms with Crippen LogP contribution in [-0.4, -0.2) is 5.91 Å². The molecule has 0 aromatic heterocycles. The van der Waals surface area contributed by atoms with E-state index in [4.69, 9.17) is 4.74 Å². The lowest BCUT2D eigenvalue weighted by Crippen LogP contribution is -2.11. The Morgan fingerprint density at radius 3 is 1.71 bits per heavy atom. The van der Waals surface area contributed by atoms with E-state index < -0.39 is 0 Å². The van der Waals surface area contributed by atoms with Crippen LogP contribution in [0.3, 0.4) is 0 Å². The van der Waals surface area contributed by atoms with Crippen molar-refractivity contribution in [3.8, 4) is 11.5 Å². The second-order valence-electron chi connectivity index (χ2n) is 5.76. The highest BCUT2D eigenvalue weighted by Gasteiger charge is 2.06. The number of hydrogen-bond acceptors (Lipinski definition) is 2. The van der Waals surface area contributed by atoms with Crippen LogP contribution in [-0.2, 0) is 0 Å². The Balaban J connectivity index is 1.64. The molecule has 0 aliphatic heterocycles. The lowest BCUT2D eigenvalue weighted by Gasteiger charge is -2.08. The molecule has 3 nitrogen and oxygen atoms in total. The normalized spacial score (nSPS) is 10.2. The maximum absolute atomic E-state index is 12.2. The summed E-state index contributed by atoms with van der Waals surface area (Å²) in [5.41, 5.74) is 3.69. The number of benzene rings is 3. The topological polar surface area (TPSA) is 38.3 Å². The van der Waals surface area contributed by atoms with Crippen LogP contribution in [0.2, 0.25) is 0 Å². The summed E-state index contributed by atoms with van der Waals surface area (Å²) < 4.78 is 5.78. The lowest BCUT2D eigenvalue weighted by molar-refractivity contribution is 0.102. The van der Waals surface area contributed by atoms with E-state index >= 15 is 0 Å². The zero-order chi connectivity index (χ0) is 16.9. The molecule has 0 saturated heterocycles. The Kier molecular flexibility index (Phi) is 4.62. The van der Waals surface area contributed by atoms with E-state index in [9.17, 15) is 4.79 Å². The molecular weight excluding hydrogens is 298 g/mol. The van der Waals surface area contributed by atoms with Gasteiger partial charge in [-0.25, -0.2) is 0 Å². The van der Waals surface area contributed by atoms with Crippen LogP contribution in [0.25, 0.3) is 0 Å². The number of carbonyl (C=O) groups is 1. The Morgan fingerprint density at radius 2 is 1.17 bits per heavy atom. The molecule has 3 aromatic rings. The van der Waals surface area contributed by atoms with Gasteiger partial charge in [0.1, 0.15) is 11.5 Å². The van der Waals surface area contributed by atoms with E-state index in [0.29, 0.717) is 5.56 Å². The Bertz CT molecular complexity index is 819. The number of amides is 1. The fourth-order valence-electron chi connectivity index (χ4n) is 2.26. The number of nitrogens with one attached hydrogen (secondary N) is 1. The summed E-state index contributed by atoms with van der Waals surface area (Å²) in [6.07, 6.45) is 0. The van der Waals surface area contributed by atoms with E-state index in [0.717, 1.165) is 22.7 Å². The Morgan fingerprint density at radius 1 is 0.708 bits per heavy atom. The molecule has 1 N–H and O–H groups in total. The van der Waals surface area contributed by atoms with Crippen LogP contribution in [0.15, 0.2) is 72.8 Å². The van der Waals surface area contributed by atoms with Crippen molar-refractivity contribution in [2.24, 2.45) is 0 Å². The molecule has 3 aromatic carbocycles. The van der Waals surface area contributed by atoms with Crippen LogP contribution in [0.5, 0.6) is 11.5 Å². The van der Waals surface area contributed by atoms with E-state index in [1.54, 1.807) is 0 Å². The summed E-state index contributed by atoms with van der Waals surface area (Å²) >= 11 is 0. The molecule has 0 fully saturated rings. The lowest BCUT2D eigenvalue weighted by atomic mass is 10.1. The SMILES string of the molecule is Cc1ccc(Oc2ccc(NC(=O)c3ccc(C)cc3)cc2)cc1. The van der Waals surface area contributed by atoms with Crippen LogP contribution in [0, 0.1) is 13.8 Å². The number of anilines is 1. The van der Waals surface area contributed by atoms with Crippen molar-refractivity contribution in [3.05, 3.63) is 89.5 Å². The molecule has 24 heavy (non-hydrogen) atoms. The quantitative estimate of drug-likeness (QED) is 0.704. The van der Waals surface area contributed by atoms with Crippen LogP contribution in [0.4, 0.5) is 5.69 Å². The molecule has 0 unspecified atom stereocenters. The predicted octanol–water partition coefficient (Wildman–Crippen LogP) is 5.35. The highest BCUT2D eigenvalue weighted by Crippen LogP contribution is 2.23. The molecule has 0 bridgehead atoms. The highest BCUT2D eigenvalue weighted by atomic mass is 16.5. The van der Waals surface area contributed by atoms with Gasteiger partial charge < -0.3 is 10.1 Å². The van der Waals surface area contributed by atoms with Crippen LogP contribution < -0.4 is 10.1 Å². The van der Waals surface area contributed by atoms with E-state index in [1.165, 1.54) is 5.56 Å². The third-order valence-corrected chi connectivity index (χ3v) is 3.68. The van der Waals surface area contributed by atoms with Gasteiger partial charge in [-0.2, -0.15) is 0 Å². The van der Waals surface area contributed by atoms with Gasteiger partial charge in [-0.3, -0.25) is 4.79 Å². The molecule has 0 aliphatic rings. The first-order valence-corrected chi connectivity index (χ1v) is 7.83. The largest absolute Gasteiger partial charge is 0.457 e. The van der Waals surface area contributed by atoms with Crippen LogP contribution in [0.1, 0.15) is 21.5 Å². The average Bonchev–Trinajstić information content (AvgIpc) is 2.59. The minimum Gasteiger partial charge on any atom is -0.457 e. The van der Waals surface area contributed by atoms with Gasteiger partial charge in [0.15, 0.2) is 0 Å². The predicted molar refractivity (Wildman–Crippen MR) is 96.8 cm³/mol. The molecule has 120 valence electrons. The minimum atomic E-state index is -0.123. The molecule has 0 spiro atoms. The molecule has 3 rings (SSSR count). The summed E-state index contributed by atoms with van der Waals surface area (Å²) in [6.45, 7) is 4.03. The Hall–Kier alpha value is -3.07. The van der Waals surface area contributed by atoms with Gasteiger partial charge in [0.2, 0.25) is 0 Å². The van der Waals surface area contributed by atoms with Gasteiger partial charge in [-0.15, -0.1) is 0 Å². The van der Waals surface area contributed by atoms with E-state index in [1.807, 2.05) is 86.6 Å². The first kappa shape index (κ1) is 15.8. The second-order valence-corrected chi connectivity index (χ2v) is 5.76. The summed E-state index contributed by atoms with van der Waals surface area (Å²) in [7, 11) is 0. The summed E-state index contributed by atoms with van der Waals surface area (Å²) in [5.74, 6) is 1.39. The molecule has 0 aliphatic carbocycles. The van der Waals surface area contributed by atoms with Crippen molar-refractivity contribution in [1.29, 1.82) is 0 Å². The van der Waals surface area contributed by atoms with Gasteiger partial charge >= 0.3 is 0 Å². The van der Waals surface area contributed by atoms with Gasteiger partial charge in [0.25, 0.3) is 5.91 Å². The fourth-order valence-corrected chi connectivity index (χ4v) is 2.26. The third kappa shape index (κ3) is 4.02. The molecule has 0 saturated carbocycles. The monoisotopic (exact) mass is 317 g/mol. The fraction of sp³-hybridized carbons (Fsp3) is 0.0952. The minimum absolute atomic E-state index is 0.123. The third-order valence-electron chi connectivity index (χ3n) is 3.68. The van der Waals surface area contributed by atoms with Gasteiger partial charge in [0, 0.05) is 11.3 Å². The number of ether oxygens (including phenoxy) is 1. The summed E-state index contributed by atoms with van der Waals surface area (Å²) in [5, 5.41) is 2.88. The first-order chi connectivity index (χ1) is 11.6. The maximum atomic E-state index is 12.2. The summed E-state index contributed by atoms with van der Waals surface area (Å²) in [4.78, 5) is 12.2. The van der Waals surface area contributed by atoms with E-state index in [2.05, 4.69) is 5.32 Å². The summed E-state index contributed by atoms with van der Waals surface area (Å²) in [6, 6.07) is 22.7. The Labute approximate surface area is 141 Å². The number of carbonyl (C=O) groups excluding carboxylic acids is 1. The number of hydrogen-bond donors (Lipinski definition) is 1. The molecule has 0 atom stereocenters. The molecular formula is C21H19NO2. The molecule has 3 heteroatoms. The van der Waals surface area contributed by atoms with Crippen molar-refractivity contribution in [2.45, 2.75) is 13.8 Å². The molecule has 1 amide bonds. The smallest absolute Gasteiger partial charge is 0.255 e.